The molecule has 0 unspecified atom stereocenters. The molecule has 21 heavy (non-hydrogen) atoms. The summed E-state index contributed by atoms with van der Waals surface area (Å²) in [5.41, 5.74) is -0.000869. The molecule has 0 aliphatic carbocycles. The van der Waals surface area contributed by atoms with Crippen LogP contribution in [0.4, 0.5) is 5.69 Å². The molecule has 7 heteroatoms. The molecule has 2 rings (SSSR count). The third-order valence-electron chi connectivity index (χ3n) is 2.67. The average molecular weight is 305 g/mol. The van der Waals surface area contributed by atoms with E-state index in [2.05, 4.69) is 0 Å². The van der Waals surface area contributed by atoms with Crippen molar-refractivity contribution >= 4 is 17.3 Å². The van der Waals surface area contributed by atoms with Gasteiger partial charge in [0.1, 0.15) is 17.4 Å². The minimum atomic E-state index is -0.546. The van der Waals surface area contributed by atoms with E-state index in [9.17, 15) is 10.1 Å². The van der Waals surface area contributed by atoms with Gasteiger partial charge in [-0.3, -0.25) is 10.1 Å². The number of ether oxygens (including phenoxy) is 2. The summed E-state index contributed by atoms with van der Waals surface area (Å²) >= 11 is 5.91. The Bertz CT molecular complexity index is 740. The summed E-state index contributed by atoms with van der Waals surface area (Å²) < 4.78 is 10.7. The van der Waals surface area contributed by atoms with Crippen LogP contribution in [0.15, 0.2) is 36.4 Å². The smallest absolute Gasteiger partial charge is 0.273 e. The molecule has 0 N–H and O–H groups in total. The van der Waals surface area contributed by atoms with Crippen molar-refractivity contribution in [1.82, 2.24) is 0 Å². The van der Waals surface area contributed by atoms with Crippen LogP contribution < -0.4 is 9.47 Å². The fraction of sp³-hybridized carbons (Fsp3) is 0.0714. The van der Waals surface area contributed by atoms with E-state index in [1.165, 1.54) is 25.3 Å². The highest BCUT2D eigenvalue weighted by Gasteiger charge is 2.15. The first-order valence-corrected chi connectivity index (χ1v) is 6.13. The van der Waals surface area contributed by atoms with Crippen molar-refractivity contribution in [3.63, 3.8) is 0 Å². The first-order chi connectivity index (χ1) is 10.1. The SMILES string of the molecule is COc1ccc([N+](=O)[O-])cc1Oc1cccc(Cl)c1C#N. The molecule has 0 spiro atoms. The normalized spacial score (nSPS) is 9.76. The molecule has 0 aromatic heterocycles. The topological polar surface area (TPSA) is 85.4 Å². The molecule has 0 aliphatic rings. The molecule has 106 valence electrons. The van der Waals surface area contributed by atoms with E-state index in [-0.39, 0.29) is 27.8 Å². The van der Waals surface area contributed by atoms with Crippen LogP contribution in [0, 0.1) is 21.4 Å². The van der Waals surface area contributed by atoms with Crippen molar-refractivity contribution in [1.29, 1.82) is 5.26 Å². The van der Waals surface area contributed by atoms with E-state index in [4.69, 9.17) is 26.3 Å². The number of nitrogens with zero attached hydrogens (tertiary/aromatic N) is 2. The summed E-state index contributed by atoms with van der Waals surface area (Å²) in [4.78, 5) is 10.3. The van der Waals surface area contributed by atoms with E-state index in [0.29, 0.717) is 5.75 Å². The second-order valence-corrected chi connectivity index (χ2v) is 4.33. The molecule has 0 saturated carbocycles. The van der Waals surface area contributed by atoms with E-state index in [0.717, 1.165) is 0 Å². The van der Waals surface area contributed by atoms with Crippen molar-refractivity contribution in [2.75, 3.05) is 7.11 Å². The Kier molecular flexibility index (Phi) is 4.26. The molecular formula is C14H9ClN2O4. The highest BCUT2D eigenvalue weighted by molar-refractivity contribution is 6.31. The van der Waals surface area contributed by atoms with E-state index in [1.54, 1.807) is 18.2 Å². The van der Waals surface area contributed by atoms with E-state index in [1.807, 2.05) is 6.07 Å². The van der Waals surface area contributed by atoms with Crippen LogP contribution in [-0.4, -0.2) is 12.0 Å². The first-order valence-electron chi connectivity index (χ1n) is 5.75. The molecule has 6 nitrogen and oxygen atoms in total. The number of non-ortho nitro benzene ring substituents is 1. The van der Waals surface area contributed by atoms with Gasteiger partial charge in [0, 0.05) is 6.07 Å². The summed E-state index contributed by atoms with van der Waals surface area (Å²) in [6.45, 7) is 0. The van der Waals surface area contributed by atoms with Gasteiger partial charge in [-0.1, -0.05) is 17.7 Å². The molecule has 2 aromatic rings. The van der Waals surface area contributed by atoms with Crippen molar-refractivity contribution in [3.8, 4) is 23.3 Å². The maximum Gasteiger partial charge on any atom is 0.273 e. The van der Waals surface area contributed by atoms with Crippen molar-refractivity contribution in [2.45, 2.75) is 0 Å². The van der Waals surface area contributed by atoms with Crippen LogP contribution in [0.5, 0.6) is 17.2 Å². The van der Waals surface area contributed by atoms with Crippen LogP contribution in [-0.2, 0) is 0 Å². The Morgan fingerprint density at radius 3 is 2.62 bits per heavy atom. The number of nitriles is 1. The van der Waals surface area contributed by atoms with Gasteiger partial charge in [0.05, 0.1) is 23.1 Å². The van der Waals surface area contributed by atoms with Crippen molar-refractivity contribution in [2.24, 2.45) is 0 Å². The molecule has 2 aromatic carbocycles. The Morgan fingerprint density at radius 2 is 2.00 bits per heavy atom. The van der Waals surface area contributed by atoms with Crippen LogP contribution in [0.1, 0.15) is 5.56 Å². The Hall–Kier alpha value is -2.78. The zero-order chi connectivity index (χ0) is 15.4. The van der Waals surface area contributed by atoms with Gasteiger partial charge in [-0.2, -0.15) is 5.26 Å². The molecule has 0 fully saturated rings. The highest BCUT2D eigenvalue weighted by Crippen LogP contribution is 2.37. The van der Waals surface area contributed by atoms with E-state index >= 15 is 0 Å². The monoisotopic (exact) mass is 304 g/mol. The Balaban J connectivity index is 2.48. The van der Waals surface area contributed by atoms with Gasteiger partial charge in [0.2, 0.25) is 0 Å². The van der Waals surface area contributed by atoms with Crippen LogP contribution in [0.2, 0.25) is 5.02 Å². The second-order valence-electron chi connectivity index (χ2n) is 3.92. The van der Waals surface area contributed by atoms with Gasteiger partial charge in [-0.05, 0) is 18.2 Å². The van der Waals surface area contributed by atoms with Gasteiger partial charge < -0.3 is 9.47 Å². The largest absolute Gasteiger partial charge is 0.493 e. The lowest BCUT2D eigenvalue weighted by atomic mass is 10.2. The fourth-order valence-electron chi connectivity index (χ4n) is 1.68. The third kappa shape index (κ3) is 3.04. The quantitative estimate of drug-likeness (QED) is 0.631. The number of hydrogen-bond donors (Lipinski definition) is 0. The highest BCUT2D eigenvalue weighted by atomic mass is 35.5. The minimum Gasteiger partial charge on any atom is -0.493 e. The standard InChI is InChI=1S/C14H9ClN2O4/c1-20-13-6-5-9(17(18)19)7-14(13)21-12-4-2-3-11(15)10(12)8-16/h2-7H,1H3. The summed E-state index contributed by atoms with van der Waals surface area (Å²) in [5.74, 6) is 0.638. The summed E-state index contributed by atoms with van der Waals surface area (Å²) in [7, 11) is 1.41. The maximum atomic E-state index is 10.8. The fourth-order valence-corrected chi connectivity index (χ4v) is 1.88. The zero-order valence-corrected chi connectivity index (χ0v) is 11.6. The van der Waals surface area contributed by atoms with Gasteiger partial charge >= 0.3 is 0 Å². The lowest BCUT2D eigenvalue weighted by Crippen LogP contribution is -1.95. The van der Waals surface area contributed by atoms with Crippen LogP contribution in [0.3, 0.4) is 0 Å². The third-order valence-corrected chi connectivity index (χ3v) is 2.98. The molecular weight excluding hydrogens is 296 g/mol. The lowest BCUT2D eigenvalue weighted by molar-refractivity contribution is -0.384. The number of benzene rings is 2. The number of nitro benzene ring substituents is 1. The number of hydrogen-bond acceptors (Lipinski definition) is 5. The van der Waals surface area contributed by atoms with Gasteiger partial charge in [0.25, 0.3) is 5.69 Å². The minimum absolute atomic E-state index is 0.130. The Morgan fingerprint density at radius 1 is 1.24 bits per heavy atom. The van der Waals surface area contributed by atoms with Gasteiger partial charge in [-0.25, -0.2) is 0 Å². The van der Waals surface area contributed by atoms with Crippen molar-refractivity contribution < 1.29 is 14.4 Å². The summed E-state index contributed by atoms with van der Waals surface area (Å²) in [5, 5.41) is 20.1. The predicted octanol–water partition coefficient (Wildman–Crippen LogP) is 3.92. The molecule has 0 bridgehead atoms. The lowest BCUT2D eigenvalue weighted by Gasteiger charge is -2.11. The first kappa shape index (κ1) is 14.6. The predicted molar refractivity (Wildman–Crippen MR) is 75.9 cm³/mol. The Labute approximate surface area is 125 Å². The number of nitro groups is 1. The molecule has 0 amide bonds. The summed E-state index contributed by atoms with van der Waals surface area (Å²) in [6.07, 6.45) is 0. The van der Waals surface area contributed by atoms with Crippen LogP contribution in [0.25, 0.3) is 0 Å². The van der Waals surface area contributed by atoms with Crippen LogP contribution >= 0.6 is 11.6 Å². The average Bonchev–Trinajstić information content (AvgIpc) is 2.47. The molecule has 0 heterocycles. The number of methoxy groups -OCH3 is 1. The number of halogens is 1. The summed E-state index contributed by atoms with van der Waals surface area (Å²) in [6, 6.07) is 10.6. The molecule has 0 saturated heterocycles. The van der Waals surface area contributed by atoms with Crippen molar-refractivity contribution in [3.05, 3.63) is 57.1 Å². The van der Waals surface area contributed by atoms with E-state index < -0.39 is 4.92 Å². The van der Waals surface area contributed by atoms with Gasteiger partial charge in [0.15, 0.2) is 11.5 Å². The second kappa shape index (κ2) is 6.11. The molecule has 0 aliphatic heterocycles. The zero-order valence-electron chi connectivity index (χ0n) is 10.9. The van der Waals surface area contributed by atoms with Gasteiger partial charge in [-0.15, -0.1) is 0 Å². The molecule has 0 atom stereocenters. The maximum absolute atomic E-state index is 10.8. The number of rotatable bonds is 4. The molecule has 0 radical (unpaired) electrons.